The van der Waals surface area contributed by atoms with E-state index in [2.05, 4.69) is 4.98 Å². The number of anilines is 1. The highest BCUT2D eigenvalue weighted by molar-refractivity contribution is 5.92. The van der Waals surface area contributed by atoms with E-state index in [1.54, 1.807) is 6.20 Å². The van der Waals surface area contributed by atoms with Crippen molar-refractivity contribution in [3.8, 4) is 5.75 Å². The molecule has 1 aliphatic heterocycles. The van der Waals surface area contributed by atoms with Gasteiger partial charge in [0.25, 0.3) is 0 Å². The van der Waals surface area contributed by atoms with Crippen LogP contribution < -0.4 is 10.5 Å². The number of aromatic amines is 1. The quantitative estimate of drug-likeness (QED) is 0.820. The van der Waals surface area contributed by atoms with E-state index in [0.717, 1.165) is 35.9 Å². The molecular formula is C17H23ClF3N3O. The van der Waals surface area contributed by atoms with Gasteiger partial charge in [-0.2, -0.15) is 13.2 Å². The Morgan fingerprint density at radius 3 is 2.64 bits per heavy atom. The molecule has 0 spiro atoms. The molecule has 25 heavy (non-hydrogen) atoms. The second-order valence-corrected chi connectivity index (χ2v) is 6.42. The van der Waals surface area contributed by atoms with Crippen LogP contribution in [0.5, 0.6) is 5.75 Å². The molecule has 0 aliphatic carbocycles. The summed E-state index contributed by atoms with van der Waals surface area (Å²) in [4.78, 5) is 4.56. The van der Waals surface area contributed by atoms with Crippen molar-refractivity contribution in [1.82, 2.24) is 9.88 Å². The maximum absolute atomic E-state index is 12.4. The molecule has 1 aromatic carbocycles. The van der Waals surface area contributed by atoms with Crippen LogP contribution in [0.4, 0.5) is 18.9 Å². The van der Waals surface area contributed by atoms with Crippen molar-refractivity contribution in [2.45, 2.75) is 25.4 Å². The second kappa shape index (κ2) is 8.19. The maximum atomic E-state index is 12.4. The van der Waals surface area contributed by atoms with Crippen molar-refractivity contribution in [2.75, 3.05) is 32.0 Å². The van der Waals surface area contributed by atoms with Gasteiger partial charge < -0.3 is 15.5 Å². The third-order valence-electron chi connectivity index (χ3n) is 4.59. The van der Waals surface area contributed by atoms with Crippen LogP contribution >= 0.6 is 12.4 Å². The highest BCUT2D eigenvalue weighted by atomic mass is 35.5. The third kappa shape index (κ3) is 5.44. The zero-order chi connectivity index (χ0) is 17.2. The molecule has 2 heterocycles. The molecule has 1 saturated heterocycles. The van der Waals surface area contributed by atoms with Crippen molar-refractivity contribution in [1.29, 1.82) is 0 Å². The zero-order valence-corrected chi connectivity index (χ0v) is 14.6. The summed E-state index contributed by atoms with van der Waals surface area (Å²) in [6, 6.07) is 5.73. The summed E-state index contributed by atoms with van der Waals surface area (Å²) < 4.78 is 42.9. The Bertz CT molecular complexity index is 681. The van der Waals surface area contributed by atoms with Crippen LogP contribution in [0.25, 0.3) is 10.9 Å². The van der Waals surface area contributed by atoms with E-state index in [1.807, 2.05) is 18.2 Å². The minimum atomic E-state index is -4.10. The van der Waals surface area contributed by atoms with E-state index >= 15 is 0 Å². The van der Waals surface area contributed by atoms with Gasteiger partial charge in [0, 0.05) is 17.1 Å². The van der Waals surface area contributed by atoms with Crippen molar-refractivity contribution in [2.24, 2.45) is 5.92 Å². The summed E-state index contributed by atoms with van der Waals surface area (Å²) in [5.41, 5.74) is 7.53. The van der Waals surface area contributed by atoms with Crippen molar-refractivity contribution in [3.05, 3.63) is 24.4 Å². The first-order valence-corrected chi connectivity index (χ1v) is 8.19. The predicted molar refractivity (Wildman–Crippen MR) is 95.3 cm³/mol. The summed E-state index contributed by atoms with van der Waals surface area (Å²) in [5.74, 6) is 1.19. The Balaban J connectivity index is 0.00000225. The molecule has 140 valence electrons. The molecule has 0 atom stereocenters. The molecule has 4 nitrogen and oxygen atoms in total. The number of nitrogen functional groups attached to an aromatic ring is 1. The van der Waals surface area contributed by atoms with Crippen LogP contribution in [0.15, 0.2) is 24.4 Å². The summed E-state index contributed by atoms with van der Waals surface area (Å²) in [6.45, 7) is 0.792. The lowest BCUT2D eigenvalue weighted by Gasteiger charge is -2.32. The van der Waals surface area contributed by atoms with Crippen LogP contribution in [0, 0.1) is 5.92 Å². The number of alkyl halides is 3. The van der Waals surface area contributed by atoms with Crippen LogP contribution in [0.2, 0.25) is 0 Å². The van der Waals surface area contributed by atoms with E-state index in [9.17, 15) is 13.2 Å². The van der Waals surface area contributed by atoms with Gasteiger partial charge in [0.05, 0.1) is 18.8 Å². The molecule has 0 bridgehead atoms. The van der Waals surface area contributed by atoms with E-state index in [0.29, 0.717) is 31.3 Å². The summed E-state index contributed by atoms with van der Waals surface area (Å²) in [6.07, 6.45) is 0.102. The first-order valence-electron chi connectivity index (χ1n) is 8.19. The number of hydrogen-bond donors (Lipinski definition) is 2. The fraction of sp³-hybridized carbons (Fsp3) is 0.529. The van der Waals surface area contributed by atoms with Crippen LogP contribution in [-0.4, -0.2) is 42.3 Å². The van der Waals surface area contributed by atoms with Crippen LogP contribution in [0.3, 0.4) is 0 Å². The lowest BCUT2D eigenvalue weighted by molar-refractivity contribution is -0.148. The average Bonchev–Trinajstić information content (AvgIpc) is 2.89. The number of nitrogens with one attached hydrogen (secondary N) is 1. The Labute approximate surface area is 150 Å². The number of nitrogens with two attached hydrogens (primary N) is 1. The summed E-state index contributed by atoms with van der Waals surface area (Å²) >= 11 is 0. The Kier molecular flexibility index (Phi) is 6.46. The fourth-order valence-electron chi connectivity index (χ4n) is 3.24. The standard InChI is InChI=1S/C17H22F3N3O.ClH/c18-17(19,20)11-23-6-3-12(4-7-23)5-8-24-13-1-2-16-14(9-13)15(21)10-22-16;/h1-2,9-10,12,22H,3-8,11,21H2;1H. The number of piperidine rings is 1. The largest absolute Gasteiger partial charge is 0.494 e. The molecule has 0 unspecified atom stereocenters. The molecule has 1 fully saturated rings. The number of halogens is 4. The Morgan fingerprint density at radius 2 is 1.96 bits per heavy atom. The number of ether oxygens (including phenoxy) is 1. The van der Waals surface area contributed by atoms with Gasteiger partial charge in [0.15, 0.2) is 0 Å². The molecule has 0 radical (unpaired) electrons. The van der Waals surface area contributed by atoms with Gasteiger partial charge in [-0.1, -0.05) is 0 Å². The predicted octanol–water partition coefficient (Wildman–Crippen LogP) is 4.22. The topological polar surface area (TPSA) is 54.3 Å². The Morgan fingerprint density at radius 1 is 1.24 bits per heavy atom. The Hall–Kier alpha value is -1.60. The number of rotatable bonds is 5. The number of likely N-dealkylation sites (tertiary alicyclic amines) is 1. The highest BCUT2D eigenvalue weighted by Gasteiger charge is 2.32. The van der Waals surface area contributed by atoms with E-state index in [-0.39, 0.29) is 12.4 Å². The zero-order valence-electron chi connectivity index (χ0n) is 13.8. The summed E-state index contributed by atoms with van der Waals surface area (Å²) in [7, 11) is 0. The van der Waals surface area contributed by atoms with Crippen LogP contribution in [0.1, 0.15) is 19.3 Å². The van der Waals surface area contributed by atoms with E-state index in [1.165, 1.54) is 4.90 Å². The number of fused-ring (bicyclic) bond motifs is 1. The molecule has 1 aromatic heterocycles. The molecule has 8 heteroatoms. The fourth-order valence-corrected chi connectivity index (χ4v) is 3.24. The first-order chi connectivity index (χ1) is 11.4. The molecule has 3 rings (SSSR count). The smallest absolute Gasteiger partial charge is 0.401 e. The number of benzene rings is 1. The van der Waals surface area contributed by atoms with Gasteiger partial charge in [-0.15, -0.1) is 12.4 Å². The monoisotopic (exact) mass is 377 g/mol. The summed E-state index contributed by atoms with van der Waals surface area (Å²) in [5, 5.41) is 0.938. The van der Waals surface area contributed by atoms with E-state index < -0.39 is 12.7 Å². The molecule has 2 aromatic rings. The van der Waals surface area contributed by atoms with E-state index in [4.69, 9.17) is 10.5 Å². The molecule has 0 amide bonds. The third-order valence-corrected chi connectivity index (χ3v) is 4.59. The minimum Gasteiger partial charge on any atom is -0.494 e. The first kappa shape index (κ1) is 19.7. The van der Waals surface area contributed by atoms with Gasteiger partial charge in [-0.25, -0.2) is 0 Å². The van der Waals surface area contributed by atoms with Crippen molar-refractivity contribution >= 4 is 29.0 Å². The molecule has 0 saturated carbocycles. The van der Waals surface area contributed by atoms with Gasteiger partial charge in [0.1, 0.15) is 5.75 Å². The molecule has 3 N–H and O–H groups in total. The maximum Gasteiger partial charge on any atom is 0.401 e. The number of hydrogen-bond acceptors (Lipinski definition) is 3. The normalized spacial score (nSPS) is 16.8. The number of H-pyrrole nitrogens is 1. The van der Waals surface area contributed by atoms with Gasteiger partial charge in [0.2, 0.25) is 0 Å². The molecule has 1 aliphatic rings. The average molecular weight is 378 g/mol. The highest BCUT2D eigenvalue weighted by Crippen LogP contribution is 2.27. The minimum absolute atomic E-state index is 0. The second-order valence-electron chi connectivity index (χ2n) is 6.42. The lowest BCUT2D eigenvalue weighted by Crippen LogP contribution is -2.40. The molecular weight excluding hydrogens is 355 g/mol. The number of aromatic nitrogens is 1. The van der Waals surface area contributed by atoms with Crippen molar-refractivity contribution < 1.29 is 17.9 Å². The van der Waals surface area contributed by atoms with Gasteiger partial charge >= 0.3 is 6.18 Å². The number of nitrogens with zero attached hydrogens (tertiary/aromatic N) is 1. The lowest BCUT2D eigenvalue weighted by atomic mass is 9.94. The SMILES string of the molecule is Cl.Nc1c[nH]c2ccc(OCCC3CCN(CC(F)(F)F)CC3)cc12. The van der Waals surface area contributed by atoms with Gasteiger partial charge in [-0.05, 0) is 56.5 Å². The van der Waals surface area contributed by atoms with Crippen LogP contribution in [-0.2, 0) is 0 Å². The van der Waals surface area contributed by atoms with Crippen molar-refractivity contribution in [3.63, 3.8) is 0 Å². The van der Waals surface area contributed by atoms with Gasteiger partial charge in [-0.3, -0.25) is 4.90 Å².